The Kier molecular flexibility index (Phi) is 7.07. The second-order valence-electron chi connectivity index (χ2n) is 8.90. The fraction of sp³-hybridized carbons (Fsp3) is 0.652. The van der Waals surface area contributed by atoms with Crippen molar-refractivity contribution in [3.63, 3.8) is 0 Å². The van der Waals surface area contributed by atoms with E-state index in [4.69, 9.17) is 0 Å². The van der Waals surface area contributed by atoms with Crippen molar-refractivity contribution < 1.29 is 19.8 Å². The molecule has 0 atom stereocenters. The van der Waals surface area contributed by atoms with Gasteiger partial charge in [-0.05, 0) is 88.8 Å². The van der Waals surface area contributed by atoms with Crippen LogP contribution in [0.4, 0.5) is 0 Å². The number of hydrogen-bond acceptors (Lipinski definition) is 2. The minimum atomic E-state index is -0.728. The van der Waals surface area contributed by atoms with Crippen LogP contribution in [-0.4, -0.2) is 22.2 Å². The third-order valence-electron chi connectivity index (χ3n) is 6.22. The van der Waals surface area contributed by atoms with Gasteiger partial charge in [-0.3, -0.25) is 9.59 Å². The van der Waals surface area contributed by atoms with Crippen LogP contribution in [0.3, 0.4) is 0 Å². The molecule has 0 unspecified atom stereocenters. The van der Waals surface area contributed by atoms with Gasteiger partial charge in [-0.15, -0.1) is 0 Å². The summed E-state index contributed by atoms with van der Waals surface area (Å²) >= 11 is 0. The molecule has 2 N–H and O–H groups in total. The minimum absolute atomic E-state index is 0.410. The molecule has 0 amide bonds. The highest BCUT2D eigenvalue weighted by Gasteiger charge is 2.49. The molecule has 0 radical (unpaired) electrons. The van der Waals surface area contributed by atoms with E-state index in [1.54, 1.807) is 13.8 Å². The SMILES string of the molecule is Cc1cccc(CCCCC2(C(=O)O)CC2)c1CCCCC(C)(C)C(=O)O. The monoisotopic (exact) mass is 374 g/mol. The maximum atomic E-state index is 11.3. The highest BCUT2D eigenvalue weighted by Crippen LogP contribution is 2.50. The molecule has 1 aromatic rings. The van der Waals surface area contributed by atoms with Crippen LogP contribution in [0.25, 0.3) is 0 Å². The van der Waals surface area contributed by atoms with Crippen molar-refractivity contribution in [2.24, 2.45) is 10.8 Å². The maximum absolute atomic E-state index is 11.3. The smallest absolute Gasteiger partial charge is 0.309 e. The molecule has 0 heterocycles. The van der Waals surface area contributed by atoms with Crippen LogP contribution in [0.5, 0.6) is 0 Å². The summed E-state index contributed by atoms with van der Waals surface area (Å²) in [6.07, 6.45) is 9.04. The molecule has 1 aliphatic carbocycles. The van der Waals surface area contributed by atoms with E-state index >= 15 is 0 Å². The minimum Gasteiger partial charge on any atom is -0.481 e. The maximum Gasteiger partial charge on any atom is 0.309 e. The summed E-state index contributed by atoms with van der Waals surface area (Å²) in [7, 11) is 0. The molecule has 1 fully saturated rings. The molecule has 4 nitrogen and oxygen atoms in total. The molecule has 1 saturated carbocycles. The van der Waals surface area contributed by atoms with Gasteiger partial charge in [-0.2, -0.15) is 0 Å². The van der Waals surface area contributed by atoms with Gasteiger partial charge in [-0.1, -0.05) is 31.0 Å². The van der Waals surface area contributed by atoms with Gasteiger partial charge in [0.1, 0.15) is 0 Å². The molecule has 1 aromatic carbocycles. The largest absolute Gasteiger partial charge is 0.481 e. The van der Waals surface area contributed by atoms with Crippen LogP contribution in [0.1, 0.15) is 81.9 Å². The summed E-state index contributed by atoms with van der Waals surface area (Å²) in [5.74, 6) is -1.35. The Labute approximate surface area is 163 Å². The zero-order valence-corrected chi connectivity index (χ0v) is 17.0. The summed E-state index contributed by atoms with van der Waals surface area (Å²) in [5.41, 5.74) is 3.00. The zero-order valence-electron chi connectivity index (χ0n) is 17.0. The molecule has 4 heteroatoms. The van der Waals surface area contributed by atoms with Gasteiger partial charge in [0.2, 0.25) is 0 Å². The van der Waals surface area contributed by atoms with E-state index < -0.39 is 22.8 Å². The molecule has 0 bridgehead atoms. The third kappa shape index (κ3) is 5.82. The average Bonchev–Trinajstić information content (AvgIpc) is 3.38. The van der Waals surface area contributed by atoms with Crippen LogP contribution in [0.15, 0.2) is 18.2 Å². The van der Waals surface area contributed by atoms with E-state index in [2.05, 4.69) is 25.1 Å². The molecule has 150 valence electrons. The highest BCUT2D eigenvalue weighted by molar-refractivity contribution is 5.77. The van der Waals surface area contributed by atoms with Crippen LogP contribution < -0.4 is 0 Å². The lowest BCUT2D eigenvalue weighted by atomic mass is 9.86. The molecule has 1 aliphatic rings. The van der Waals surface area contributed by atoms with Crippen LogP contribution in [0, 0.1) is 17.8 Å². The summed E-state index contributed by atoms with van der Waals surface area (Å²) < 4.78 is 0. The molecular formula is C23H34O4. The predicted octanol–water partition coefficient (Wildman–Crippen LogP) is 5.40. The number of carboxylic acid groups (broad SMARTS) is 2. The van der Waals surface area contributed by atoms with Crippen LogP contribution in [0.2, 0.25) is 0 Å². The number of aliphatic carboxylic acids is 2. The summed E-state index contributed by atoms with van der Waals surface area (Å²) in [6.45, 7) is 5.72. The first-order valence-corrected chi connectivity index (χ1v) is 10.2. The zero-order chi connectivity index (χ0) is 20.1. The van der Waals surface area contributed by atoms with Crippen molar-refractivity contribution in [3.8, 4) is 0 Å². The first-order valence-electron chi connectivity index (χ1n) is 10.2. The highest BCUT2D eigenvalue weighted by atomic mass is 16.4. The number of hydrogen-bond donors (Lipinski definition) is 2. The number of aryl methyl sites for hydroxylation is 2. The molecule has 2 rings (SSSR count). The van der Waals surface area contributed by atoms with E-state index in [9.17, 15) is 19.8 Å². The fourth-order valence-electron chi connectivity index (χ4n) is 3.83. The van der Waals surface area contributed by atoms with Crippen LogP contribution in [-0.2, 0) is 22.4 Å². The Morgan fingerprint density at radius 3 is 2.30 bits per heavy atom. The fourth-order valence-corrected chi connectivity index (χ4v) is 3.83. The Hall–Kier alpha value is -1.84. The average molecular weight is 375 g/mol. The standard InChI is InChI=1S/C23H34O4/c1-17-9-8-11-18(10-4-7-14-23(15-16-23)21(26)27)19(17)12-5-6-13-22(2,3)20(24)25/h8-9,11H,4-7,10,12-16H2,1-3H3,(H,24,25)(H,26,27). The van der Waals surface area contributed by atoms with E-state index in [1.807, 2.05) is 0 Å². The van der Waals surface area contributed by atoms with Gasteiger partial charge >= 0.3 is 11.9 Å². The topological polar surface area (TPSA) is 74.6 Å². The van der Waals surface area contributed by atoms with E-state index in [0.717, 1.165) is 57.8 Å². The lowest BCUT2D eigenvalue weighted by molar-refractivity contribution is -0.147. The molecule has 0 saturated heterocycles. The molecule has 27 heavy (non-hydrogen) atoms. The Morgan fingerprint density at radius 1 is 1.04 bits per heavy atom. The van der Waals surface area contributed by atoms with E-state index in [-0.39, 0.29) is 0 Å². The number of rotatable bonds is 12. The Bertz CT molecular complexity index is 671. The van der Waals surface area contributed by atoms with E-state index in [0.29, 0.717) is 6.42 Å². The van der Waals surface area contributed by atoms with Crippen molar-refractivity contribution >= 4 is 11.9 Å². The quantitative estimate of drug-likeness (QED) is 0.481. The molecule has 0 aromatic heterocycles. The number of carbonyl (C=O) groups is 2. The summed E-state index contributed by atoms with van der Waals surface area (Å²) in [6, 6.07) is 6.43. The van der Waals surface area contributed by atoms with Gasteiger partial charge in [0.05, 0.1) is 10.8 Å². The predicted molar refractivity (Wildman–Crippen MR) is 107 cm³/mol. The number of unbranched alkanes of at least 4 members (excludes halogenated alkanes) is 2. The first-order chi connectivity index (χ1) is 12.7. The normalized spacial score (nSPS) is 15.5. The third-order valence-corrected chi connectivity index (χ3v) is 6.22. The van der Waals surface area contributed by atoms with Gasteiger partial charge in [0, 0.05) is 0 Å². The van der Waals surface area contributed by atoms with Crippen molar-refractivity contribution in [3.05, 3.63) is 34.9 Å². The lowest BCUT2D eigenvalue weighted by Gasteiger charge is -2.19. The first kappa shape index (κ1) is 21.5. The Morgan fingerprint density at radius 2 is 1.70 bits per heavy atom. The Balaban J connectivity index is 1.82. The van der Waals surface area contributed by atoms with Gasteiger partial charge in [-0.25, -0.2) is 0 Å². The molecule has 0 aliphatic heterocycles. The molecular weight excluding hydrogens is 340 g/mol. The van der Waals surface area contributed by atoms with Crippen molar-refractivity contribution in [2.45, 2.75) is 85.0 Å². The van der Waals surface area contributed by atoms with Crippen molar-refractivity contribution in [2.75, 3.05) is 0 Å². The summed E-state index contributed by atoms with van der Waals surface area (Å²) in [5, 5.41) is 18.5. The van der Waals surface area contributed by atoms with E-state index in [1.165, 1.54) is 16.7 Å². The van der Waals surface area contributed by atoms with Gasteiger partial charge < -0.3 is 10.2 Å². The second-order valence-corrected chi connectivity index (χ2v) is 8.90. The van der Waals surface area contributed by atoms with Gasteiger partial charge in [0.15, 0.2) is 0 Å². The number of benzene rings is 1. The summed E-state index contributed by atoms with van der Waals surface area (Å²) in [4.78, 5) is 22.5. The van der Waals surface area contributed by atoms with Crippen LogP contribution >= 0.6 is 0 Å². The number of carboxylic acids is 2. The van der Waals surface area contributed by atoms with Crippen molar-refractivity contribution in [1.29, 1.82) is 0 Å². The van der Waals surface area contributed by atoms with Crippen molar-refractivity contribution in [1.82, 2.24) is 0 Å². The van der Waals surface area contributed by atoms with Gasteiger partial charge in [0.25, 0.3) is 0 Å². The lowest BCUT2D eigenvalue weighted by Crippen LogP contribution is -2.23. The molecule has 0 spiro atoms. The second kappa shape index (κ2) is 8.90.